The van der Waals surface area contributed by atoms with E-state index >= 15 is 0 Å². The van der Waals surface area contributed by atoms with Crippen molar-refractivity contribution in [1.29, 1.82) is 0 Å². The summed E-state index contributed by atoms with van der Waals surface area (Å²) in [5.74, 6) is 0.497. The molecule has 1 saturated heterocycles. The lowest BCUT2D eigenvalue weighted by Crippen LogP contribution is -2.40. The molecule has 18 heavy (non-hydrogen) atoms. The molecule has 1 aliphatic heterocycles. The van der Waals surface area contributed by atoms with Gasteiger partial charge in [-0.1, -0.05) is 19.1 Å². The largest absolute Gasteiger partial charge is 0.476 e. The molecule has 2 unspecified atom stereocenters. The summed E-state index contributed by atoms with van der Waals surface area (Å²) in [5, 5.41) is 16.2. The first-order chi connectivity index (χ1) is 8.56. The Kier molecular flexibility index (Phi) is 3.96. The van der Waals surface area contributed by atoms with Gasteiger partial charge in [0.05, 0.1) is 12.7 Å². The zero-order chi connectivity index (χ0) is 13.1. The van der Waals surface area contributed by atoms with Crippen LogP contribution in [-0.4, -0.2) is 50.6 Å². The van der Waals surface area contributed by atoms with Gasteiger partial charge in [-0.25, -0.2) is 4.79 Å². The van der Waals surface area contributed by atoms with Crippen LogP contribution in [0.15, 0.2) is 6.20 Å². The maximum Gasteiger partial charge on any atom is 0.358 e. The lowest BCUT2D eigenvalue weighted by molar-refractivity contribution is 0.0690. The third kappa shape index (κ3) is 3.07. The Morgan fingerprint density at radius 3 is 2.83 bits per heavy atom. The lowest BCUT2D eigenvalue weighted by Gasteiger charge is -2.35. The summed E-state index contributed by atoms with van der Waals surface area (Å²) in [6, 6.07) is 0. The fraction of sp³-hybridized carbons (Fsp3) is 0.750. The first kappa shape index (κ1) is 13.0. The van der Waals surface area contributed by atoms with Gasteiger partial charge >= 0.3 is 5.97 Å². The minimum Gasteiger partial charge on any atom is -0.476 e. The van der Waals surface area contributed by atoms with Crippen LogP contribution in [-0.2, 0) is 6.54 Å². The van der Waals surface area contributed by atoms with E-state index in [1.54, 1.807) is 4.68 Å². The van der Waals surface area contributed by atoms with Crippen LogP contribution in [0.3, 0.4) is 0 Å². The third-order valence-electron chi connectivity index (χ3n) is 3.82. The number of piperidine rings is 1. The molecule has 0 radical (unpaired) electrons. The SMILES string of the molecule is CC1CCN(CCn2cc(C(=O)O)nn2)CC1C. The van der Waals surface area contributed by atoms with Crippen molar-refractivity contribution in [2.75, 3.05) is 19.6 Å². The summed E-state index contributed by atoms with van der Waals surface area (Å²) < 4.78 is 1.60. The zero-order valence-electron chi connectivity index (χ0n) is 10.9. The normalized spacial score (nSPS) is 25.2. The fourth-order valence-electron chi connectivity index (χ4n) is 2.30. The molecule has 0 spiro atoms. The third-order valence-corrected chi connectivity index (χ3v) is 3.82. The van der Waals surface area contributed by atoms with E-state index in [9.17, 15) is 4.79 Å². The molecule has 1 N–H and O–H groups in total. The van der Waals surface area contributed by atoms with E-state index in [2.05, 4.69) is 29.1 Å². The smallest absolute Gasteiger partial charge is 0.358 e. The zero-order valence-corrected chi connectivity index (χ0v) is 10.9. The molecule has 1 aromatic heterocycles. The van der Waals surface area contributed by atoms with Crippen molar-refractivity contribution in [1.82, 2.24) is 19.9 Å². The maximum atomic E-state index is 10.7. The highest BCUT2D eigenvalue weighted by Crippen LogP contribution is 2.22. The minimum absolute atomic E-state index is 0.00985. The topological polar surface area (TPSA) is 71.2 Å². The molecule has 1 aromatic rings. The van der Waals surface area contributed by atoms with Gasteiger partial charge in [0.15, 0.2) is 5.69 Å². The van der Waals surface area contributed by atoms with Gasteiger partial charge in [0.25, 0.3) is 0 Å². The van der Waals surface area contributed by atoms with Gasteiger partial charge in [-0.2, -0.15) is 0 Å². The molecule has 1 fully saturated rings. The van der Waals surface area contributed by atoms with Gasteiger partial charge in [-0.3, -0.25) is 4.68 Å². The van der Waals surface area contributed by atoms with Gasteiger partial charge < -0.3 is 10.0 Å². The van der Waals surface area contributed by atoms with Crippen LogP contribution in [0.5, 0.6) is 0 Å². The predicted octanol–water partition coefficient (Wildman–Crippen LogP) is 0.954. The van der Waals surface area contributed by atoms with Crippen LogP contribution in [0.4, 0.5) is 0 Å². The van der Waals surface area contributed by atoms with Crippen LogP contribution >= 0.6 is 0 Å². The average Bonchev–Trinajstić information content (AvgIpc) is 2.79. The van der Waals surface area contributed by atoms with Crippen LogP contribution < -0.4 is 0 Å². The van der Waals surface area contributed by atoms with Crippen molar-refractivity contribution in [2.45, 2.75) is 26.8 Å². The second kappa shape index (κ2) is 5.48. The van der Waals surface area contributed by atoms with E-state index < -0.39 is 5.97 Å². The highest BCUT2D eigenvalue weighted by Gasteiger charge is 2.22. The fourth-order valence-corrected chi connectivity index (χ4v) is 2.30. The van der Waals surface area contributed by atoms with E-state index in [1.165, 1.54) is 12.6 Å². The van der Waals surface area contributed by atoms with Crippen LogP contribution in [0.2, 0.25) is 0 Å². The number of aromatic carboxylic acids is 1. The highest BCUT2D eigenvalue weighted by atomic mass is 16.4. The first-order valence-corrected chi connectivity index (χ1v) is 6.42. The summed E-state index contributed by atoms with van der Waals surface area (Å²) in [7, 11) is 0. The molecule has 0 bridgehead atoms. The second-order valence-corrected chi connectivity index (χ2v) is 5.22. The Morgan fingerprint density at radius 2 is 2.22 bits per heavy atom. The molecule has 0 aromatic carbocycles. The lowest BCUT2D eigenvalue weighted by atomic mass is 9.89. The predicted molar refractivity (Wildman–Crippen MR) is 66.4 cm³/mol. The number of rotatable bonds is 4. The number of hydrogen-bond donors (Lipinski definition) is 1. The van der Waals surface area contributed by atoms with Gasteiger partial charge in [0, 0.05) is 13.1 Å². The standard InChI is InChI=1S/C12H20N4O2/c1-9-3-4-15(7-10(9)2)5-6-16-8-11(12(17)18)13-14-16/h8-10H,3-7H2,1-2H3,(H,17,18). The molecule has 2 rings (SSSR count). The Hall–Kier alpha value is -1.43. The molecule has 6 nitrogen and oxygen atoms in total. The Labute approximate surface area is 107 Å². The Balaban J connectivity index is 1.82. The molecule has 2 heterocycles. The second-order valence-electron chi connectivity index (χ2n) is 5.22. The quantitative estimate of drug-likeness (QED) is 0.864. The van der Waals surface area contributed by atoms with Gasteiger partial charge in [0.1, 0.15) is 0 Å². The van der Waals surface area contributed by atoms with Crippen LogP contribution in [0.1, 0.15) is 30.8 Å². The number of carboxylic acid groups (broad SMARTS) is 1. The van der Waals surface area contributed by atoms with Crippen LogP contribution in [0, 0.1) is 11.8 Å². The summed E-state index contributed by atoms with van der Waals surface area (Å²) >= 11 is 0. The van der Waals surface area contributed by atoms with Crippen molar-refractivity contribution in [3.8, 4) is 0 Å². The maximum absolute atomic E-state index is 10.7. The Bertz CT molecular complexity index is 418. The number of likely N-dealkylation sites (tertiary alicyclic amines) is 1. The van der Waals surface area contributed by atoms with E-state index in [1.807, 2.05) is 0 Å². The monoisotopic (exact) mass is 252 g/mol. The number of hydrogen-bond acceptors (Lipinski definition) is 4. The summed E-state index contributed by atoms with van der Waals surface area (Å²) in [6.45, 7) is 8.42. The van der Waals surface area contributed by atoms with Crippen LogP contribution in [0.25, 0.3) is 0 Å². The number of nitrogens with zero attached hydrogens (tertiary/aromatic N) is 4. The average molecular weight is 252 g/mol. The van der Waals surface area contributed by atoms with Crippen molar-refractivity contribution >= 4 is 5.97 Å². The molecule has 6 heteroatoms. The summed E-state index contributed by atoms with van der Waals surface area (Å²) in [4.78, 5) is 13.1. The number of carbonyl (C=O) groups is 1. The van der Waals surface area contributed by atoms with Gasteiger partial charge in [0.2, 0.25) is 0 Å². The van der Waals surface area contributed by atoms with E-state index in [-0.39, 0.29) is 5.69 Å². The van der Waals surface area contributed by atoms with Crippen molar-refractivity contribution < 1.29 is 9.90 Å². The van der Waals surface area contributed by atoms with E-state index in [0.29, 0.717) is 6.54 Å². The summed E-state index contributed by atoms with van der Waals surface area (Å²) in [6.07, 6.45) is 2.72. The van der Waals surface area contributed by atoms with Crippen molar-refractivity contribution in [3.63, 3.8) is 0 Å². The molecule has 2 atom stereocenters. The molecule has 1 aliphatic rings. The van der Waals surface area contributed by atoms with E-state index in [0.717, 1.165) is 31.5 Å². The first-order valence-electron chi connectivity index (χ1n) is 6.42. The highest BCUT2D eigenvalue weighted by molar-refractivity contribution is 5.84. The molecule has 0 saturated carbocycles. The van der Waals surface area contributed by atoms with E-state index in [4.69, 9.17) is 5.11 Å². The molecule has 0 amide bonds. The number of aromatic nitrogens is 3. The molecule has 100 valence electrons. The van der Waals surface area contributed by atoms with Crippen molar-refractivity contribution in [3.05, 3.63) is 11.9 Å². The molecule has 0 aliphatic carbocycles. The minimum atomic E-state index is -1.03. The van der Waals surface area contributed by atoms with Gasteiger partial charge in [-0.15, -0.1) is 5.10 Å². The number of carboxylic acids is 1. The molecular formula is C12H20N4O2. The van der Waals surface area contributed by atoms with Crippen molar-refractivity contribution in [2.24, 2.45) is 11.8 Å². The molecular weight excluding hydrogens is 232 g/mol. The Morgan fingerprint density at radius 1 is 1.44 bits per heavy atom. The summed E-state index contributed by atoms with van der Waals surface area (Å²) in [5.41, 5.74) is 0.00985. The van der Waals surface area contributed by atoms with Gasteiger partial charge in [-0.05, 0) is 24.8 Å².